The van der Waals surface area contributed by atoms with Gasteiger partial charge in [-0.25, -0.2) is 9.97 Å². The molecule has 0 aliphatic heterocycles. The quantitative estimate of drug-likeness (QED) is 0.453. The Labute approximate surface area is 150 Å². The summed E-state index contributed by atoms with van der Waals surface area (Å²) in [4.78, 5) is 9.47. The Morgan fingerprint density at radius 1 is 0.692 bits per heavy atom. The molecule has 4 nitrogen and oxygen atoms in total. The molecule has 0 amide bonds. The van der Waals surface area contributed by atoms with Gasteiger partial charge in [0.25, 0.3) is 0 Å². The van der Waals surface area contributed by atoms with Crippen LogP contribution in [0.2, 0.25) is 0 Å². The van der Waals surface area contributed by atoms with E-state index in [2.05, 4.69) is 5.32 Å². The standard InChI is InChI=1S/C22H15N3O/c1-3-9-15(10-4-1)19-21-20(17-13-7-8-14-18(17)26-21)25-22(24-19)23-16-11-5-2-6-12-16/h1-14H,(H,23,24,25). The summed E-state index contributed by atoms with van der Waals surface area (Å²) in [7, 11) is 0. The number of nitrogens with zero attached hydrogens (tertiary/aromatic N) is 2. The first-order valence-electron chi connectivity index (χ1n) is 8.45. The van der Waals surface area contributed by atoms with E-state index in [1.54, 1.807) is 0 Å². The van der Waals surface area contributed by atoms with Gasteiger partial charge in [-0.1, -0.05) is 60.7 Å². The van der Waals surface area contributed by atoms with E-state index in [0.29, 0.717) is 11.5 Å². The molecule has 0 radical (unpaired) electrons. The SMILES string of the molecule is c1ccc(Nc2nc(-c3ccccc3)c3oc4ccccc4c3n2)cc1. The van der Waals surface area contributed by atoms with E-state index in [4.69, 9.17) is 14.4 Å². The number of benzene rings is 3. The maximum absolute atomic E-state index is 6.09. The average molecular weight is 337 g/mol. The number of fused-ring (bicyclic) bond motifs is 3. The van der Waals surface area contributed by atoms with Crippen molar-refractivity contribution in [3.8, 4) is 11.3 Å². The van der Waals surface area contributed by atoms with Gasteiger partial charge in [-0.2, -0.15) is 0 Å². The Hall–Kier alpha value is -3.66. The van der Waals surface area contributed by atoms with Crippen molar-refractivity contribution in [3.05, 3.63) is 84.9 Å². The largest absolute Gasteiger partial charge is 0.452 e. The highest BCUT2D eigenvalue weighted by Crippen LogP contribution is 2.34. The summed E-state index contributed by atoms with van der Waals surface area (Å²) in [6.45, 7) is 0. The van der Waals surface area contributed by atoms with Gasteiger partial charge in [-0.3, -0.25) is 0 Å². The van der Waals surface area contributed by atoms with Crippen LogP contribution in [0.25, 0.3) is 33.3 Å². The maximum atomic E-state index is 6.09. The Morgan fingerprint density at radius 2 is 1.38 bits per heavy atom. The zero-order valence-corrected chi connectivity index (χ0v) is 13.9. The summed E-state index contributed by atoms with van der Waals surface area (Å²) in [6, 6.07) is 27.9. The third-order valence-corrected chi connectivity index (χ3v) is 4.30. The molecule has 0 fully saturated rings. The first-order chi connectivity index (χ1) is 12.9. The summed E-state index contributed by atoms with van der Waals surface area (Å²) in [5.74, 6) is 0.550. The van der Waals surface area contributed by atoms with Gasteiger partial charge < -0.3 is 9.73 Å². The molecule has 2 heterocycles. The number of anilines is 2. The van der Waals surface area contributed by atoms with Crippen LogP contribution in [-0.2, 0) is 0 Å². The number of furan rings is 1. The minimum atomic E-state index is 0.550. The minimum absolute atomic E-state index is 0.550. The monoisotopic (exact) mass is 337 g/mol. The van der Waals surface area contributed by atoms with Gasteiger partial charge in [-0.15, -0.1) is 0 Å². The van der Waals surface area contributed by atoms with Gasteiger partial charge in [-0.05, 0) is 24.3 Å². The lowest BCUT2D eigenvalue weighted by Crippen LogP contribution is -1.98. The Balaban J connectivity index is 1.77. The number of para-hydroxylation sites is 2. The van der Waals surface area contributed by atoms with Crippen LogP contribution in [-0.4, -0.2) is 9.97 Å². The highest BCUT2D eigenvalue weighted by atomic mass is 16.3. The molecular weight excluding hydrogens is 322 g/mol. The molecule has 5 rings (SSSR count). The molecule has 0 spiro atoms. The van der Waals surface area contributed by atoms with Crippen LogP contribution in [0.1, 0.15) is 0 Å². The van der Waals surface area contributed by atoms with Crippen LogP contribution in [0.15, 0.2) is 89.3 Å². The van der Waals surface area contributed by atoms with Crippen molar-refractivity contribution < 1.29 is 4.42 Å². The smallest absolute Gasteiger partial charge is 0.228 e. The molecule has 0 bridgehead atoms. The van der Waals surface area contributed by atoms with Crippen molar-refractivity contribution >= 4 is 33.7 Å². The number of hydrogen-bond acceptors (Lipinski definition) is 4. The number of rotatable bonds is 3. The van der Waals surface area contributed by atoms with E-state index < -0.39 is 0 Å². The van der Waals surface area contributed by atoms with E-state index in [0.717, 1.165) is 33.4 Å². The van der Waals surface area contributed by atoms with Crippen LogP contribution >= 0.6 is 0 Å². The third kappa shape index (κ3) is 2.48. The van der Waals surface area contributed by atoms with Crippen LogP contribution in [0.4, 0.5) is 11.6 Å². The highest BCUT2D eigenvalue weighted by molar-refractivity contribution is 6.06. The fourth-order valence-electron chi connectivity index (χ4n) is 3.09. The molecular formula is C22H15N3O. The molecule has 0 aliphatic rings. The second-order valence-corrected chi connectivity index (χ2v) is 6.03. The molecule has 0 unspecified atom stereocenters. The lowest BCUT2D eigenvalue weighted by atomic mass is 10.1. The maximum Gasteiger partial charge on any atom is 0.228 e. The molecule has 0 atom stereocenters. The highest BCUT2D eigenvalue weighted by Gasteiger charge is 2.16. The second-order valence-electron chi connectivity index (χ2n) is 6.03. The average Bonchev–Trinajstić information content (AvgIpc) is 3.08. The lowest BCUT2D eigenvalue weighted by Gasteiger charge is -2.07. The fourth-order valence-corrected chi connectivity index (χ4v) is 3.09. The molecule has 26 heavy (non-hydrogen) atoms. The summed E-state index contributed by atoms with van der Waals surface area (Å²) in [6.07, 6.45) is 0. The predicted octanol–water partition coefficient (Wildman–Crippen LogP) is 5.79. The van der Waals surface area contributed by atoms with Crippen LogP contribution < -0.4 is 5.32 Å². The fraction of sp³-hybridized carbons (Fsp3) is 0. The van der Waals surface area contributed by atoms with Crippen LogP contribution in [0.5, 0.6) is 0 Å². The van der Waals surface area contributed by atoms with Gasteiger partial charge in [0.2, 0.25) is 5.95 Å². The van der Waals surface area contributed by atoms with E-state index in [1.165, 1.54) is 0 Å². The molecule has 1 N–H and O–H groups in total. The molecule has 5 aromatic rings. The van der Waals surface area contributed by atoms with Crippen molar-refractivity contribution in [2.45, 2.75) is 0 Å². The molecule has 0 aliphatic carbocycles. The van der Waals surface area contributed by atoms with Gasteiger partial charge in [0.05, 0.1) is 0 Å². The van der Waals surface area contributed by atoms with Gasteiger partial charge >= 0.3 is 0 Å². The molecule has 3 aromatic carbocycles. The van der Waals surface area contributed by atoms with Crippen molar-refractivity contribution in [2.24, 2.45) is 0 Å². The zero-order valence-electron chi connectivity index (χ0n) is 13.9. The summed E-state index contributed by atoms with van der Waals surface area (Å²) < 4.78 is 6.09. The number of nitrogens with one attached hydrogen (secondary N) is 1. The zero-order chi connectivity index (χ0) is 17.3. The minimum Gasteiger partial charge on any atom is -0.452 e. The van der Waals surface area contributed by atoms with E-state index in [-0.39, 0.29) is 0 Å². The van der Waals surface area contributed by atoms with Crippen molar-refractivity contribution in [3.63, 3.8) is 0 Å². The van der Waals surface area contributed by atoms with Crippen LogP contribution in [0.3, 0.4) is 0 Å². The van der Waals surface area contributed by atoms with E-state index in [1.807, 2.05) is 84.9 Å². The lowest BCUT2D eigenvalue weighted by molar-refractivity contribution is 0.667. The predicted molar refractivity (Wildman–Crippen MR) is 104 cm³/mol. The Kier molecular flexibility index (Phi) is 3.39. The van der Waals surface area contributed by atoms with Gasteiger partial charge in [0, 0.05) is 16.6 Å². The summed E-state index contributed by atoms with van der Waals surface area (Å²) in [5.41, 5.74) is 5.05. The molecule has 4 heteroatoms. The van der Waals surface area contributed by atoms with Gasteiger partial charge in [0.1, 0.15) is 16.8 Å². The van der Waals surface area contributed by atoms with Crippen molar-refractivity contribution in [1.82, 2.24) is 9.97 Å². The van der Waals surface area contributed by atoms with Crippen molar-refractivity contribution in [1.29, 1.82) is 0 Å². The van der Waals surface area contributed by atoms with Crippen LogP contribution in [0, 0.1) is 0 Å². The third-order valence-electron chi connectivity index (χ3n) is 4.30. The normalized spacial score (nSPS) is 11.1. The Morgan fingerprint density at radius 3 is 2.19 bits per heavy atom. The summed E-state index contributed by atoms with van der Waals surface area (Å²) in [5, 5.41) is 4.28. The first-order valence-corrected chi connectivity index (χ1v) is 8.45. The number of hydrogen-bond donors (Lipinski definition) is 1. The van der Waals surface area contributed by atoms with Crippen molar-refractivity contribution in [2.75, 3.05) is 5.32 Å². The second kappa shape index (κ2) is 6.01. The van der Waals surface area contributed by atoms with E-state index >= 15 is 0 Å². The topological polar surface area (TPSA) is 51.0 Å². The molecule has 0 saturated heterocycles. The molecule has 2 aromatic heterocycles. The van der Waals surface area contributed by atoms with Gasteiger partial charge in [0.15, 0.2) is 5.58 Å². The Bertz CT molecular complexity index is 1200. The first kappa shape index (κ1) is 14.7. The number of aromatic nitrogens is 2. The molecule has 124 valence electrons. The van der Waals surface area contributed by atoms with E-state index in [9.17, 15) is 0 Å². The molecule has 0 saturated carbocycles. The summed E-state index contributed by atoms with van der Waals surface area (Å²) >= 11 is 0.